The molecule has 1 heterocycles. The first-order chi connectivity index (χ1) is 16.6. The van der Waals surface area contributed by atoms with Crippen LogP contribution in [0, 0.1) is 5.92 Å². The van der Waals surface area contributed by atoms with Gasteiger partial charge in [-0.15, -0.1) is 0 Å². The molecule has 12 heteroatoms. The van der Waals surface area contributed by atoms with E-state index < -0.39 is 36.0 Å². The van der Waals surface area contributed by atoms with E-state index in [-0.39, 0.29) is 24.2 Å². The Kier molecular flexibility index (Phi) is 13.9. The van der Waals surface area contributed by atoms with Crippen molar-refractivity contribution in [2.24, 2.45) is 33.8 Å². The number of guanidine groups is 1. The third-order valence-electron chi connectivity index (χ3n) is 5.95. The summed E-state index contributed by atoms with van der Waals surface area (Å²) in [7, 11) is 0. The lowest BCUT2D eigenvalue weighted by Gasteiger charge is -2.29. The third kappa shape index (κ3) is 11.0. The Hall–Kier alpha value is -2.73. The summed E-state index contributed by atoms with van der Waals surface area (Å²) < 4.78 is 0. The van der Waals surface area contributed by atoms with Crippen molar-refractivity contribution >= 4 is 30.0 Å². The van der Waals surface area contributed by atoms with Gasteiger partial charge in [-0.1, -0.05) is 20.3 Å². The molecule has 1 saturated heterocycles. The zero-order valence-electron chi connectivity index (χ0n) is 21.1. The molecule has 1 fully saturated rings. The lowest BCUT2D eigenvalue weighted by Crippen LogP contribution is -2.57. The van der Waals surface area contributed by atoms with E-state index in [4.69, 9.17) is 22.9 Å². The monoisotopic (exact) mass is 496 g/mol. The topological polar surface area (TPSA) is 212 Å². The van der Waals surface area contributed by atoms with Crippen LogP contribution in [0.15, 0.2) is 4.99 Å². The molecule has 0 aliphatic carbocycles. The normalized spacial score (nSPS) is 18.0. The summed E-state index contributed by atoms with van der Waals surface area (Å²) in [5.74, 6) is -1.17. The molecule has 0 radical (unpaired) electrons. The predicted molar refractivity (Wildman–Crippen MR) is 135 cm³/mol. The van der Waals surface area contributed by atoms with Crippen molar-refractivity contribution in [3.8, 4) is 0 Å². The van der Waals surface area contributed by atoms with Crippen LogP contribution >= 0.6 is 0 Å². The van der Waals surface area contributed by atoms with Gasteiger partial charge in [-0.2, -0.15) is 0 Å². The van der Waals surface area contributed by atoms with Crippen LogP contribution in [-0.4, -0.2) is 78.7 Å². The summed E-state index contributed by atoms with van der Waals surface area (Å²) in [6.45, 7) is 5.14. The van der Waals surface area contributed by atoms with Crippen LogP contribution in [0.1, 0.15) is 65.2 Å². The number of nitrogens with zero attached hydrogens (tertiary/aromatic N) is 2. The maximum absolute atomic E-state index is 13.2. The predicted octanol–water partition coefficient (Wildman–Crippen LogP) is -1.30. The summed E-state index contributed by atoms with van der Waals surface area (Å²) in [5, 5.41) is 5.55. The highest BCUT2D eigenvalue weighted by molar-refractivity contribution is 5.93. The highest BCUT2D eigenvalue weighted by Gasteiger charge is 2.35. The molecule has 200 valence electrons. The second-order valence-electron chi connectivity index (χ2n) is 9.47. The highest BCUT2D eigenvalue weighted by atomic mass is 16.2. The molecule has 12 nitrogen and oxygen atoms in total. The van der Waals surface area contributed by atoms with Crippen molar-refractivity contribution in [1.82, 2.24) is 15.5 Å². The van der Waals surface area contributed by atoms with E-state index >= 15 is 0 Å². The standard InChI is InChI=1S/C23H44N8O4/c1-15(2)13-19(30-20(33)17(25)8-3-4-10-24)21(34)29-18(9-5-11-28-23(26)27)22(35)31-12-6-7-16(31)14-32/h14-19H,3-13,24-25H2,1-2H3,(H,29,34)(H,30,33)(H4,26,27,28)/t16-,17-,18-,19-/m0/s1. The minimum absolute atomic E-state index is 0.0556. The minimum Gasteiger partial charge on any atom is -0.370 e. The molecule has 0 aromatic rings. The summed E-state index contributed by atoms with van der Waals surface area (Å²) in [6, 6.07) is -2.98. The number of carbonyl (C=O) groups excluding carboxylic acids is 4. The first-order valence-electron chi connectivity index (χ1n) is 12.5. The Balaban J connectivity index is 2.94. The van der Waals surface area contributed by atoms with Crippen LogP contribution in [0.3, 0.4) is 0 Å². The van der Waals surface area contributed by atoms with Crippen molar-refractivity contribution in [2.75, 3.05) is 19.6 Å². The minimum atomic E-state index is -0.873. The summed E-state index contributed by atoms with van der Waals surface area (Å²) in [4.78, 5) is 55.9. The van der Waals surface area contributed by atoms with Crippen molar-refractivity contribution in [2.45, 2.75) is 89.4 Å². The largest absolute Gasteiger partial charge is 0.370 e. The first kappa shape index (κ1) is 30.3. The average Bonchev–Trinajstić information content (AvgIpc) is 3.28. The van der Waals surface area contributed by atoms with Crippen LogP contribution < -0.4 is 33.6 Å². The molecule has 0 spiro atoms. The van der Waals surface area contributed by atoms with Crippen molar-refractivity contribution in [3.05, 3.63) is 0 Å². The van der Waals surface area contributed by atoms with E-state index in [1.807, 2.05) is 13.8 Å². The Bertz CT molecular complexity index is 726. The number of amides is 3. The number of nitrogens with one attached hydrogen (secondary N) is 2. The molecule has 0 aromatic heterocycles. The van der Waals surface area contributed by atoms with Crippen molar-refractivity contribution < 1.29 is 19.2 Å². The number of aldehydes is 1. The SMILES string of the molecule is CC(C)C[C@H](NC(=O)[C@@H](N)CCCCN)C(=O)N[C@@H](CCCN=C(N)N)C(=O)N1CCC[C@H]1C=O. The molecule has 0 bridgehead atoms. The molecule has 1 aliphatic heterocycles. The van der Waals surface area contributed by atoms with Gasteiger partial charge in [0.2, 0.25) is 17.7 Å². The van der Waals surface area contributed by atoms with Gasteiger partial charge >= 0.3 is 0 Å². The van der Waals surface area contributed by atoms with Crippen molar-refractivity contribution in [3.63, 3.8) is 0 Å². The molecular formula is C23H44N8O4. The Morgan fingerprint density at radius 2 is 1.74 bits per heavy atom. The molecule has 1 rings (SSSR count). The third-order valence-corrected chi connectivity index (χ3v) is 5.95. The van der Waals surface area contributed by atoms with Crippen LogP contribution in [0.2, 0.25) is 0 Å². The van der Waals surface area contributed by atoms with Gasteiger partial charge in [-0.05, 0) is 57.4 Å². The van der Waals surface area contributed by atoms with Gasteiger partial charge in [0.25, 0.3) is 0 Å². The molecule has 0 unspecified atom stereocenters. The van der Waals surface area contributed by atoms with Crippen LogP contribution in [0.5, 0.6) is 0 Å². The Morgan fingerprint density at radius 1 is 1.06 bits per heavy atom. The maximum Gasteiger partial charge on any atom is 0.245 e. The van der Waals surface area contributed by atoms with E-state index in [2.05, 4.69) is 15.6 Å². The van der Waals surface area contributed by atoms with Crippen LogP contribution in [0.25, 0.3) is 0 Å². The van der Waals surface area contributed by atoms with Gasteiger partial charge in [-0.25, -0.2) is 0 Å². The number of unbranched alkanes of at least 4 members (excludes halogenated alkanes) is 1. The van der Waals surface area contributed by atoms with E-state index in [1.165, 1.54) is 4.90 Å². The average molecular weight is 497 g/mol. The summed E-state index contributed by atoms with van der Waals surface area (Å²) >= 11 is 0. The van der Waals surface area contributed by atoms with E-state index in [9.17, 15) is 19.2 Å². The molecule has 10 N–H and O–H groups in total. The lowest BCUT2D eigenvalue weighted by atomic mass is 10.0. The number of likely N-dealkylation sites (tertiary alicyclic amines) is 1. The van der Waals surface area contributed by atoms with Gasteiger partial charge < -0.3 is 43.3 Å². The Labute approximate surface area is 208 Å². The van der Waals surface area contributed by atoms with E-state index in [0.717, 1.165) is 19.1 Å². The first-order valence-corrected chi connectivity index (χ1v) is 12.5. The fourth-order valence-corrected chi connectivity index (χ4v) is 4.06. The summed E-state index contributed by atoms with van der Waals surface area (Å²) in [5.41, 5.74) is 22.2. The zero-order valence-corrected chi connectivity index (χ0v) is 21.1. The van der Waals surface area contributed by atoms with Gasteiger partial charge in [0.1, 0.15) is 18.4 Å². The van der Waals surface area contributed by atoms with Gasteiger partial charge in [0.15, 0.2) is 5.96 Å². The summed E-state index contributed by atoms with van der Waals surface area (Å²) in [6.07, 6.45) is 5.12. The molecular weight excluding hydrogens is 452 g/mol. The number of carbonyl (C=O) groups is 4. The van der Waals surface area contributed by atoms with E-state index in [0.29, 0.717) is 51.7 Å². The molecule has 3 amide bonds. The van der Waals surface area contributed by atoms with Crippen LogP contribution in [0.4, 0.5) is 0 Å². The van der Waals surface area contributed by atoms with Gasteiger partial charge in [0, 0.05) is 13.1 Å². The fourth-order valence-electron chi connectivity index (χ4n) is 4.06. The van der Waals surface area contributed by atoms with E-state index in [1.54, 1.807) is 0 Å². The van der Waals surface area contributed by atoms with Crippen molar-refractivity contribution in [1.29, 1.82) is 0 Å². The second kappa shape index (κ2) is 16.0. The number of hydrogen-bond donors (Lipinski definition) is 6. The number of aliphatic imine (C=N–C) groups is 1. The number of nitrogens with two attached hydrogens (primary N) is 4. The van der Waals surface area contributed by atoms with Gasteiger partial charge in [0.05, 0.1) is 12.1 Å². The van der Waals surface area contributed by atoms with Gasteiger partial charge in [-0.3, -0.25) is 19.4 Å². The fraction of sp³-hybridized carbons (Fsp3) is 0.783. The second-order valence-corrected chi connectivity index (χ2v) is 9.47. The quantitative estimate of drug-likeness (QED) is 0.0652. The zero-order chi connectivity index (χ0) is 26.4. The highest BCUT2D eigenvalue weighted by Crippen LogP contribution is 2.18. The molecule has 4 atom stereocenters. The smallest absolute Gasteiger partial charge is 0.245 e. The molecule has 0 aromatic carbocycles. The number of rotatable bonds is 16. The molecule has 1 aliphatic rings. The molecule has 0 saturated carbocycles. The molecule has 35 heavy (non-hydrogen) atoms. The lowest BCUT2D eigenvalue weighted by molar-refractivity contribution is -0.139. The Morgan fingerprint density at radius 3 is 2.34 bits per heavy atom. The van der Waals surface area contributed by atoms with Crippen LogP contribution in [-0.2, 0) is 19.2 Å². The number of hydrogen-bond acceptors (Lipinski definition) is 7. The maximum atomic E-state index is 13.2.